The number of furan rings is 1. The van der Waals surface area contributed by atoms with Crippen molar-refractivity contribution in [1.29, 1.82) is 0 Å². The van der Waals surface area contributed by atoms with Gasteiger partial charge in [-0.2, -0.15) is 0 Å². The third kappa shape index (κ3) is 3.61. The molecule has 0 bridgehead atoms. The van der Waals surface area contributed by atoms with Gasteiger partial charge in [0.25, 0.3) is 5.91 Å². The second-order valence-corrected chi connectivity index (χ2v) is 7.99. The Hall–Kier alpha value is -1.37. The molecule has 3 saturated heterocycles. The fraction of sp³-hybridized carbons (Fsp3) is 0.737. The lowest BCUT2D eigenvalue weighted by Crippen LogP contribution is -2.44. The molecular weight excluding hydrogens is 318 g/mol. The first-order valence-electron chi connectivity index (χ1n) is 9.47. The van der Waals surface area contributed by atoms with E-state index in [0.29, 0.717) is 17.0 Å². The van der Waals surface area contributed by atoms with Gasteiger partial charge in [-0.1, -0.05) is 0 Å². The van der Waals surface area contributed by atoms with E-state index < -0.39 is 0 Å². The maximum atomic E-state index is 12.5. The number of hydrogen-bond acceptors (Lipinski definition) is 5. The topological polar surface area (TPSA) is 49.2 Å². The maximum Gasteiger partial charge on any atom is 0.257 e. The minimum absolute atomic E-state index is 0.111. The van der Waals surface area contributed by atoms with Crippen LogP contribution in [0.25, 0.3) is 0 Å². The summed E-state index contributed by atoms with van der Waals surface area (Å²) in [4.78, 5) is 19.6. The van der Waals surface area contributed by atoms with Crippen LogP contribution in [0.4, 0.5) is 0 Å². The first kappa shape index (κ1) is 17.1. The number of ether oxygens (including phenoxy) is 1. The van der Waals surface area contributed by atoms with Crippen molar-refractivity contribution >= 4 is 5.91 Å². The Morgan fingerprint density at radius 2 is 2.00 bits per heavy atom. The normalized spacial score (nSPS) is 27.9. The number of carbonyl (C=O) groups excluding carboxylic acids is 1. The van der Waals surface area contributed by atoms with Gasteiger partial charge in [-0.3, -0.25) is 9.69 Å². The molecule has 0 aliphatic carbocycles. The summed E-state index contributed by atoms with van der Waals surface area (Å²) >= 11 is 0. The zero-order chi connectivity index (χ0) is 17.3. The standard InChI is InChI=1S/C19H29N3O3/c1-20-15-19(12-17(20)13-21-7-10-24-11-8-21)3-5-22(6-4-19)18(23)16-2-9-25-14-16/h2,9,14,17H,3-8,10-13,15H2,1H3. The molecular formula is C19H29N3O3. The van der Waals surface area contributed by atoms with Gasteiger partial charge in [-0.15, -0.1) is 0 Å². The van der Waals surface area contributed by atoms with Crippen LogP contribution in [-0.2, 0) is 4.74 Å². The number of likely N-dealkylation sites (N-methyl/N-ethyl adjacent to an activating group) is 1. The average molecular weight is 347 g/mol. The van der Waals surface area contributed by atoms with Gasteiger partial charge < -0.3 is 19.0 Å². The summed E-state index contributed by atoms with van der Waals surface area (Å²) < 4.78 is 10.5. The third-order valence-corrected chi connectivity index (χ3v) is 6.33. The van der Waals surface area contributed by atoms with E-state index in [-0.39, 0.29) is 5.91 Å². The molecule has 138 valence electrons. The summed E-state index contributed by atoms with van der Waals surface area (Å²) in [6.07, 6.45) is 6.60. The van der Waals surface area contributed by atoms with Crippen LogP contribution < -0.4 is 0 Å². The summed E-state index contributed by atoms with van der Waals surface area (Å²) in [5.41, 5.74) is 1.06. The van der Waals surface area contributed by atoms with E-state index in [1.807, 2.05) is 4.90 Å². The Bertz CT molecular complexity index is 575. The molecule has 0 aromatic carbocycles. The predicted molar refractivity (Wildman–Crippen MR) is 94.6 cm³/mol. The van der Waals surface area contributed by atoms with E-state index in [1.165, 1.54) is 6.42 Å². The van der Waals surface area contributed by atoms with Crippen LogP contribution in [0.5, 0.6) is 0 Å². The molecule has 0 N–H and O–H groups in total. The van der Waals surface area contributed by atoms with E-state index in [2.05, 4.69) is 16.8 Å². The molecule has 6 nitrogen and oxygen atoms in total. The summed E-state index contributed by atoms with van der Waals surface area (Å²) in [7, 11) is 2.27. The van der Waals surface area contributed by atoms with Gasteiger partial charge in [-0.05, 0) is 37.8 Å². The number of hydrogen-bond donors (Lipinski definition) is 0. The Morgan fingerprint density at radius 3 is 2.68 bits per heavy atom. The molecule has 3 fully saturated rings. The molecule has 6 heteroatoms. The zero-order valence-corrected chi connectivity index (χ0v) is 15.2. The highest BCUT2D eigenvalue weighted by molar-refractivity contribution is 5.93. The predicted octanol–water partition coefficient (Wildman–Crippen LogP) is 1.54. The van der Waals surface area contributed by atoms with Gasteiger partial charge in [0.2, 0.25) is 0 Å². The number of likely N-dealkylation sites (tertiary alicyclic amines) is 2. The number of amides is 1. The van der Waals surface area contributed by atoms with Crippen LogP contribution in [0, 0.1) is 5.41 Å². The molecule has 1 aromatic rings. The molecule has 4 heterocycles. The van der Waals surface area contributed by atoms with E-state index in [4.69, 9.17) is 9.15 Å². The second-order valence-electron chi connectivity index (χ2n) is 7.99. The fourth-order valence-corrected chi connectivity index (χ4v) is 4.78. The highest BCUT2D eigenvalue weighted by atomic mass is 16.5. The van der Waals surface area contributed by atoms with Gasteiger partial charge in [0.15, 0.2) is 0 Å². The fourth-order valence-electron chi connectivity index (χ4n) is 4.78. The van der Waals surface area contributed by atoms with Crippen LogP contribution in [0.3, 0.4) is 0 Å². The highest BCUT2D eigenvalue weighted by Crippen LogP contribution is 2.43. The highest BCUT2D eigenvalue weighted by Gasteiger charge is 2.45. The van der Waals surface area contributed by atoms with Crippen LogP contribution >= 0.6 is 0 Å². The van der Waals surface area contributed by atoms with E-state index in [1.54, 1.807) is 18.6 Å². The van der Waals surface area contributed by atoms with Gasteiger partial charge in [-0.25, -0.2) is 0 Å². The quantitative estimate of drug-likeness (QED) is 0.830. The van der Waals surface area contributed by atoms with E-state index in [9.17, 15) is 4.79 Å². The maximum absolute atomic E-state index is 12.5. The summed E-state index contributed by atoms with van der Waals surface area (Å²) in [6, 6.07) is 2.39. The molecule has 4 rings (SSSR count). The van der Waals surface area contributed by atoms with E-state index >= 15 is 0 Å². The summed E-state index contributed by atoms with van der Waals surface area (Å²) in [5.74, 6) is 0.111. The number of carbonyl (C=O) groups is 1. The molecule has 1 atom stereocenters. The molecule has 1 aromatic heterocycles. The van der Waals surface area contributed by atoms with Crippen molar-refractivity contribution in [3.63, 3.8) is 0 Å². The lowest BCUT2D eigenvalue weighted by Gasteiger charge is -2.39. The van der Waals surface area contributed by atoms with Gasteiger partial charge in [0.1, 0.15) is 6.26 Å². The monoisotopic (exact) mass is 347 g/mol. The first-order chi connectivity index (χ1) is 12.2. The Morgan fingerprint density at radius 1 is 1.24 bits per heavy atom. The average Bonchev–Trinajstić information content (AvgIpc) is 3.25. The number of piperidine rings is 1. The van der Waals surface area contributed by atoms with Crippen LogP contribution in [-0.4, -0.2) is 86.2 Å². The van der Waals surface area contributed by atoms with Gasteiger partial charge in [0.05, 0.1) is 25.0 Å². The molecule has 1 unspecified atom stereocenters. The summed E-state index contributed by atoms with van der Waals surface area (Å²) in [5, 5.41) is 0. The van der Waals surface area contributed by atoms with Crippen molar-refractivity contribution in [2.45, 2.75) is 25.3 Å². The van der Waals surface area contributed by atoms with Crippen LogP contribution in [0.1, 0.15) is 29.6 Å². The Balaban J connectivity index is 1.32. The van der Waals surface area contributed by atoms with Gasteiger partial charge >= 0.3 is 0 Å². The first-order valence-corrected chi connectivity index (χ1v) is 9.47. The number of rotatable bonds is 3. The molecule has 3 aliphatic heterocycles. The van der Waals surface area contributed by atoms with Crippen molar-refractivity contribution in [3.05, 3.63) is 24.2 Å². The zero-order valence-electron chi connectivity index (χ0n) is 15.2. The largest absolute Gasteiger partial charge is 0.472 e. The minimum atomic E-state index is 0.111. The third-order valence-electron chi connectivity index (χ3n) is 6.33. The molecule has 0 saturated carbocycles. The lowest BCUT2D eigenvalue weighted by atomic mass is 9.76. The van der Waals surface area contributed by atoms with E-state index in [0.717, 1.165) is 65.3 Å². The smallest absolute Gasteiger partial charge is 0.257 e. The lowest BCUT2D eigenvalue weighted by molar-refractivity contribution is 0.0283. The molecule has 3 aliphatic rings. The Kier molecular flexibility index (Phi) is 4.84. The minimum Gasteiger partial charge on any atom is -0.472 e. The SMILES string of the molecule is CN1CC2(CCN(C(=O)c3ccoc3)CC2)CC1CN1CCOCC1. The summed E-state index contributed by atoms with van der Waals surface area (Å²) in [6.45, 7) is 7.90. The van der Waals surface area contributed by atoms with Crippen molar-refractivity contribution in [3.8, 4) is 0 Å². The van der Waals surface area contributed by atoms with Crippen molar-refractivity contribution in [2.75, 3.05) is 59.5 Å². The molecule has 0 radical (unpaired) electrons. The number of nitrogens with zero attached hydrogens (tertiary/aromatic N) is 3. The van der Waals surface area contributed by atoms with Gasteiger partial charge in [0, 0.05) is 45.3 Å². The number of morpholine rings is 1. The second kappa shape index (κ2) is 7.09. The van der Waals surface area contributed by atoms with Crippen LogP contribution in [0.2, 0.25) is 0 Å². The van der Waals surface area contributed by atoms with Crippen molar-refractivity contribution in [2.24, 2.45) is 5.41 Å². The Labute approximate surface area is 149 Å². The van der Waals surface area contributed by atoms with Crippen molar-refractivity contribution < 1.29 is 13.9 Å². The van der Waals surface area contributed by atoms with Crippen LogP contribution in [0.15, 0.2) is 23.0 Å². The molecule has 25 heavy (non-hydrogen) atoms. The molecule has 1 amide bonds. The molecule has 1 spiro atoms. The van der Waals surface area contributed by atoms with Crippen molar-refractivity contribution in [1.82, 2.24) is 14.7 Å².